The Bertz CT molecular complexity index is 145. The first-order valence-corrected chi connectivity index (χ1v) is 6.63. The van der Waals surface area contributed by atoms with Crippen LogP contribution in [0.4, 0.5) is 0 Å². The predicted octanol–water partition coefficient (Wildman–Crippen LogP) is 1.49. The van der Waals surface area contributed by atoms with Crippen LogP contribution in [-0.4, -0.2) is 42.5 Å². The predicted molar refractivity (Wildman–Crippen MR) is 67.3 cm³/mol. The second-order valence-corrected chi connectivity index (χ2v) is 5.58. The molecule has 0 aromatic carbocycles. The molecule has 0 aliphatic rings. The molecular formula is C11H25NO2S. The number of aliphatic hydroxyl groups excluding tert-OH is 1. The van der Waals surface area contributed by atoms with Gasteiger partial charge in [0.15, 0.2) is 0 Å². The maximum absolute atomic E-state index is 9.23. The van der Waals surface area contributed by atoms with E-state index < -0.39 is 0 Å². The molecule has 3 N–H and O–H groups in total. The zero-order valence-electron chi connectivity index (χ0n) is 10.1. The Kier molecular flexibility index (Phi) is 9.60. The molecule has 0 saturated heterocycles. The van der Waals surface area contributed by atoms with Crippen LogP contribution >= 0.6 is 11.8 Å². The highest BCUT2D eigenvalue weighted by Gasteiger charge is 2.18. The zero-order chi connectivity index (χ0) is 11.7. The maximum atomic E-state index is 9.23. The average Bonchev–Trinajstić information content (AvgIpc) is 2.16. The topological polar surface area (TPSA) is 55.5 Å². The summed E-state index contributed by atoms with van der Waals surface area (Å²) in [6.45, 7) is 5.27. The monoisotopic (exact) mass is 235 g/mol. The van der Waals surface area contributed by atoms with Crippen molar-refractivity contribution in [3.8, 4) is 0 Å². The van der Waals surface area contributed by atoms with Crippen LogP contribution in [0.25, 0.3) is 0 Å². The summed E-state index contributed by atoms with van der Waals surface area (Å²) in [5, 5.41) is 9.40. The molecule has 0 saturated carbocycles. The van der Waals surface area contributed by atoms with Gasteiger partial charge in [-0.15, -0.1) is 0 Å². The maximum Gasteiger partial charge on any atom is 0.0565 e. The smallest absolute Gasteiger partial charge is 0.0565 e. The molecule has 0 bridgehead atoms. The molecule has 0 radical (unpaired) electrons. The molecule has 0 aromatic rings. The van der Waals surface area contributed by atoms with Crippen molar-refractivity contribution in [1.29, 1.82) is 0 Å². The molecule has 2 atom stereocenters. The molecule has 0 heterocycles. The summed E-state index contributed by atoms with van der Waals surface area (Å²) in [6, 6.07) is 0.0996. The SMILES string of the molecule is COCCCSC(CO)C(N)CC(C)C. The van der Waals surface area contributed by atoms with E-state index in [0.29, 0.717) is 5.92 Å². The third-order valence-electron chi connectivity index (χ3n) is 2.23. The summed E-state index contributed by atoms with van der Waals surface area (Å²) >= 11 is 1.76. The minimum absolute atomic E-state index is 0.0996. The van der Waals surface area contributed by atoms with Crippen molar-refractivity contribution in [3.63, 3.8) is 0 Å². The minimum Gasteiger partial charge on any atom is -0.395 e. The summed E-state index contributed by atoms with van der Waals surface area (Å²) in [7, 11) is 1.71. The van der Waals surface area contributed by atoms with E-state index >= 15 is 0 Å². The van der Waals surface area contributed by atoms with Crippen LogP contribution in [0.2, 0.25) is 0 Å². The van der Waals surface area contributed by atoms with Crippen molar-refractivity contribution < 1.29 is 9.84 Å². The highest BCUT2D eigenvalue weighted by molar-refractivity contribution is 7.99. The van der Waals surface area contributed by atoms with Crippen molar-refractivity contribution in [3.05, 3.63) is 0 Å². The lowest BCUT2D eigenvalue weighted by Crippen LogP contribution is -2.36. The van der Waals surface area contributed by atoms with Crippen LogP contribution in [0.5, 0.6) is 0 Å². The number of nitrogens with two attached hydrogens (primary N) is 1. The van der Waals surface area contributed by atoms with E-state index in [4.69, 9.17) is 10.5 Å². The van der Waals surface area contributed by atoms with Crippen LogP contribution in [0.1, 0.15) is 26.7 Å². The number of ether oxygens (including phenoxy) is 1. The van der Waals surface area contributed by atoms with Gasteiger partial charge >= 0.3 is 0 Å². The Balaban J connectivity index is 3.70. The summed E-state index contributed by atoms with van der Waals surface area (Å²) in [6.07, 6.45) is 1.99. The average molecular weight is 235 g/mol. The van der Waals surface area contributed by atoms with E-state index in [-0.39, 0.29) is 17.9 Å². The standard InChI is InChI=1S/C11H25NO2S/c1-9(2)7-10(12)11(8-13)15-6-4-5-14-3/h9-11,13H,4-8,12H2,1-3H3. The molecular weight excluding hydrogens is 210 g/mol. The third kappa shape index (κ3) is 8.08. The van der Waals surface area contributed by atoms with E-state index in [1.54, 1.807) is 18.9 Å². The molecule has 0 aromatic heterocycles. The lowest BCUT2D eigenvalue weighted by Gasteiger charge is -2.22. The highest BCUT2D eigenvalue weighted by Crippen LogP contribution is 2.18. The van der Waals surface area contributed by atoms with Crippen LogP contribution in [0.15, 0.2) is 0 Å². The van der Waals surface area contributed by atoms with Gasteiger partial charge < -0.3 is 15.6 Å². The molecule has 0 aliphatic carbocycles. The van der Waals surface area contributed by atoms with Crippen LogP contribution in [0.3, 0.4) is 0 Å². The van der Waals surface area contributed by atoms with E-state index in [9.17, 15) is 5.11 Å². The lowest BCUT2D eigenvalue weighted by molar-refractivity contribution is 0.200. The second-order valence-electron chi connectivity index (χ2n) is 4.23. The van der Waals surface area contributed by atoms with E-state index in [1.807, 2.05) is 0 Å². The van der Waals surface area contributed by atoms with E-state index in [0.717, 1.165) is 25.2 Å². The highest BCUT2D eigenvalue weighted by atomic mass is 32.2. The van der Waals surface area contributed by atoms with Gasteiger partial charge in [0, 0.05) is 25.0 Å². The molecule has 0 spiro atoms. The van der Waals surface area contributed by atoms with Crippen molar-refractivity contribution >= 4 is 11.8 Å². The molecule has 4 heteroatoms. The van der Waals surface area contributed by atoms with Crippen LogP contribution < -0.4 is 5.73 Å². The number of hydrogen-bond acceptors (Lipinski definition) is 4. The Morgan fingerprint density at radius 1 is 1.40 bits per heavy atom. The number of hydrogen-bond donors (Lipinski definition) is 2. The Labute approximate surface area is 97.8 Å². The van der Waals surface area contributed by atoms with Crippen molar-refractivity contribution in [2.24, 2.45) is 11.7 Å². The fraction of sp³-hybridized carbons (Fsp3) is 1.00. The van der Waals surface area contributed by atoms with E-state index in [2.05, 4.69) is 13.8 Å². The number of rotatable bonds is 9. The van der Waals surface area contributed by atoms with Gasteiger partial charge in [0.25, 0.3) is 0 Å². The van der Waals surface area contributed by atoms with Crippen LogP contribution in [0, 0.1) is 5.92 Å². The molecule has 0 aliphatic heterocycles. The third-order valence-corrected chi connectivity index (χ3v) is 3.68. The summed E-state index contributed by atoms with van der Waals surface area (Å²) < 4.78 is 4.98. The zero-order valence-corrected chi connectivity index (χ0v) is 10.9. The Morgan fingerprint density at radius 3 is 2.53 bits per heavy atom. The van der Waals surface area contributed by atoms with Gasteiger partial charge in [-0.3, -0.25) is 0 Å². The first-order chi connectivity index (χ1) is 7.11. The largest absolute Gasteiger partial charge is 0.395 e. The van der Waals surface area contributed by atoms with Gasteiger partial charge in [0.05, 0.1) is 6.61 Å². The number of thioether (sulfide) groups is 1. The van der Waals surface area contributed by atoms with Gasteiger partial charge in [-0.2, -0.15) is 11.8 Å². The van der Waals surface area contributed by atoms with Gasteiger partial charge in [0.1, 0.15) is 0 Å². The minimum atomic E-state index is 0.0996. The fourth-order valence-electron chi connectivity index (χ4n) is 1.45. The number of aliphatic hydroxyl groups is 1. The Morgan fingerprint density at radius 2 is 2.07 bits per heavy atom. The van der Waals surface area contributed by atoms with Gasteiger partial charge in [-0.1, -0.05) is 13.8 Å². The normalized spacial score (nSPS) is 15.6. The van der Waals surface area contributed by atoms with Crippen molar-refractivity contribution in [1.82, 2.24) is 0 Å². The molecule has 0 amide bonds. The van der Waals surface area contributed by atoms with Gasteiger partial charge in [-0.25, -0.2) is 0 Å². The quantitative estimate of drug-likeness (QED) is 0.595. The molecule has 3 nitrogen and oxygen atoms in total. The lowest BCUT2D eigenvalue weighted by atomic mass is 10.0. The molecule has 15 heavy (non-hydrogen) atoms. The summed E-state index contributed by atoms with van der Waals surface area (Å²) in [5.41, 5.74) is 6.03. The first-order valence-electron chi connectivity index (χ1n) is 5.58. The van der Waals surface area contributed by atoms with Gasteiger partial charge in [-0.05, 0) is 24.5 Å². The molecule has 0 fully saturated rings. The number of methoxy groups -OCH3 is 1. The molecule has 2 unspecified atom stereocenters. The molecule has 92 valence electrons. The van der Waals surface area contributed by atoms with Gasteiger partial charge in [0.2, 0.25) is 0 Å². The fourth-order valence-corrected chi connectivity index (χ4v) is 2.50. The van der Waals surface area contributed by atoms with E-state index in [1.165, 1.54) is 0 Å². The second kappa shape index (κ2) is 9.46. The Hall–Kier alpha value is 0.230. The van der Waals surface area contributed by atoms with Crippen LogP contribution in [-0.2, 0) is 4.74 Å². The van der Waals surface area contributed by atoms with Crippen molar-refractivity contribution in [2.75, 3.05) is 26.1 Å². The van der Waals surface area contributed by atoms with Crippen molar-refractivity contribution in [2.45, 2.75) is 38.0 Å². The summed E-state index contributed by atoms with van der Waals surface area (Å²) in [5.74, 6) is 1.60. The summed E-state index contributed by atoms with van der Waals surface area (Å²) in [4.78, 5) is 0. The molecule has 0 rings (SSSR count). The first kappa shape index (κ1) is 15.2.